The number of benzene rings is 1. The van der Waals surface area contributed by atoms with Crippen LogP contribution in [0.2, 0.25) is 0 Å². The molecule has 3 atom stereocenters. The zero-order valence-corrected chi connectivity index (χ0v) is 15.6. The minimum absolute atomic E-state index is 0.114. The third-order valence-electron chi connectivity index (χ3n) is 5.49. The van der Waals surface area contributed by atoms with E-state index in [1.165, 1.54) is 6.20 Å². The molecule has 2 aromatic rings. The van der Waals surface area contributed by atoms with Crippen LogP contribution in [0.15, 0.2) is 18.3 Å². The lowest BCUT2D eigenvalue weighted by Crippen LogP contribution is -2.50. The van der Waals surface area contributed by atoms with Gasteiger partial charge in [0, 0.05) is 43.0 Å². The van der Waals surface area contributed by atoms with E-state index in [9.17, 15) is 26.3 Å². The van der Waals surface area contributed by atoms with Gasteiger partial charge in [-0.05, 0) is 24.5 Å². The lowest BCUT2D eigenvalue weighted by Gasteiger charge is -2.41. The van der Waals surface area contributed by atoms with Crippen molar-refractivity contribution in [3.8, 4) is 0 Å². The summed E-state index contributed by atoms with van der Waals surface area (Å²) >= 11 is 0. The van der Waals surface area contributed by atoms with Gasteiger partial charge in [-0.2, -0.15) is 13.2 Å². The molecular weight excluding hydrogens is 414 g/mol. The van der Waals surface area contributed by atoms with Gasteiger partial charge in [-0.25, -0.2) is 23.1 Å². The van der Waals surface area contributed by atoms with Gasteiger partial charge >= 0.3 is 6.18 Å². The van der Waals surface area contributed by atoms with Crippen LogP contribution in [0.1, 0.15) is 35.2 Å². The molecule has 1 fully saturated rings. The molecule has 1 aromatic carbocycles. The summed E-state index contributed by atoms with van der Waals surface area (Å²) in [6.07, 6.45) is -3.56. The molecule has 4 rings (SSSR count). The van der Waals surface area contributed by atoms with Crippen molar-refractivity contribution in [2.75, 3.05) is 13.2 Å². The average molecular weight is 432 g/mol. The van der Waals surface area contributed by atoms with E-state index < -0.39 is 41.6 Å². The number of hydrogen-bond acceptors (Lipinski definition) is 5. The first kappa shape index (κ1) is 21.0. The first-order valence-electron chi connectivity index (χ1n) is 9.31. The van der Waals surface area contributed by atoms with Gasteiger partial charge in [-0.1, -0.05) is 0 Å². The van der Waals surface area contributed by atoms with Crippen LogP contribution >= 0.6 is 0 Å². The van der Waals surface area contributed by atoms with E-state index in [1.54, 1.807) is 0 Å². The number of aromatic nitrogens is 2. The van der Waals surface area contributed by atoms with Gasteiger partial charge in [0.25, 0.3) is 0 Å². The number of alkyl halides is 3. The van der Waals surface area contributed by atoms with Crippen molar-refractivity contribution in [2.45, 2.75) is 43.8 Å². The predicted molar refractivity (Wildman–Crippen MR) is 92.5 cm³/mol. The fourth-order valence-electron chi connectivity index (χ4n) is 3.95. The van der Waals surface area contributed by atoms with Crippen molar-refractivity contribution < 1.29 is 31.1 Å². The van der Waals surface area contributed by atoms with Crippen LogP contribution in [-0.4, -0.2) is 40.1 Å². The highest BCUT2D eigenvalue weighted by Crippen LogP contribution is 2.34. The Bertz CT molecular complexity index is 953. The molecule has 2 N–H and O–H groups in total. The Balaban J connectivity index is 1.47. The molecule has 0 bridgehead atoms. The van der Waals surface area contributed by atoms with Crippen molar-refractivity contribution >= 4 is 0 Å². The molecule has 30 heavy (non-hydrogen) atoms. The second-order valence-electron chi connectivity index (χ2n) is 7.48. The Labute approximate surface area is 167 Å². The van der Waals surface area contributed by atoms with Crippen LogP contribution in [0.3, 0.4) is 0 Å². The number of nitrogens with two attached hydrogens (primary N) is 1. The zero-order valence-electron chi connectivity index (χ0n) is 15.6. The molecule has 3 heterocycles. The highest BCUT2D eigenvalue weighted by molar-refractivity contribution is 5.25. The van der Waals surface area contributed by atoms with Crippen molar-refractivity contribution in [3.63, 3.8) is 0 Å². The van der Waals surface area contributed by atoms with Crippen LogP contribution in [0.4, 0.5) is 26.3 Å². The number of nitrogens with zero attached hydrogens (tertiary/aromatic N) is 3. The molecule has 0 saturated carbocycles. The Morgan fingerprint density at radius 2 is 1.83 bits per heavy atom. The Hall–Kier alpha value is -2.24. The Morgan fingerprint density at radius 1 is 1.10 bits per heavy atom. The zero-order chi connectivity index (χ0) is 21.6. The monoisotopic (exact) mass is 432 g/mol. The topological polar surface area (TPSA) is 64.3 Å². The number of rotatable bonds is 2. The number of ether oxygens (including phenoxy) is 1. The third kappa shape index (κ3) is 4.01. The van der Waals surface area contributed by atoms with Crippen molar-refractivity contribution in [1.82, 2.24) is 14.9 Å². The number of halogens is 6. The first-order chi connectivity index (χ1) is 14.1. The van der Waals surface area contributed by atoms with E-state index in [4.69, 9.17) is 10.5 Å². The Kier molecular flexibility index (Phi) is 5.45. The molecule has 3 unspecified atom stereocenters. The summed E-state index contributed by atoms with van der Waals surface area (Å²) < 4.78 is 85.1. The smallest absolute Gasteiger partial charge is 0.370 e. The quantitative estimate of drug-likeness (QED) is 0.584. The van der Waals surface area contributed by atoms with Gasteiger partial charge in [0.2, 0.25) is 5.82 Å². The maximum Gasteiger partial charge on any atom is 0.451 e. The summed E-state index contributed by atoms with van der Waals surface area (Å²) in [7, 11) is 0. The summed E-state index contributed by atoms with van der Waals surface area (Å²) in [5.74, 6) is -4.63. The molecule has 162 valence electrons. The van der Waals surface area contributed by atoms with Crippen LogP contribution < -0.4 is 5.73 Å². The van der Waals surface area contributed by atoms with Gasteiger partial charge in [-0.3, -0.25) is 4.90 Å². The normalized spacial score (nSPS) is 25.2. The van der Waals surface area contributed by atoms with Crippen LogP contribution in [0.25, 0.3) is 0 Å². The van der Waals surface area contributed by atoms with Gasteiger partial charge in [0.15, 0.2) is 11.6 Å². The highest BCUT2D eigenvalue weighted by atomic mass is 19.4. The summed E-state index contributed by atoms with van der Waals surface area (Å²) in [4.78, 5) is 8.96. The fraction of sp³-hybridized carbons (Fsp3) is 0.474. The molecule has 0 amide bonds. The van der Waals surface area contributed by atoms with E-state index >= 15 is 0 Å². The van der Waals surface area contributed by atoms with Crippen molar-refractivity contribution in [1.29, 1.82) is 0 Å². The third-order valence-corrected chi connectivity index (χ3v) is 5.49. The maximum absolute atomic E-state index is 14.1. The molecule has 0 spiro atoms. The molecule has 0 aliphatic carbocycles. The molecule has 1 aromatic heterocycles. The molecular formula is C19H18F6N4O. The summed E-state index contributed by atoms with van der Waals surface area (Å²) in [5, 5.41) is 0. The molecule has 2 aliphatic heterocycles. The van der Waals surface area contributed by atoms with Crippen LogP contribution in [0.5, 0.6) is 0 Å². The second-order valence-corrected chi connectivity index (χ2v) is 7.48. The highest BCUT2D eigenvalue weighted by Gasteiger charge is 2.38. The Morgan fingerprint density at radius 3 is 2.53 bits per heavy atom. The molecule has 11 heteroatoms. The maximum atomic E-state index is 14.1. The van der Waals surface area contributed by atoms with Crippen LogP contribution in [0, 0.1) is 17.5 Å². The summed E-state index contributed by atoms with van der Waals surface area (Å²) in [5.41, 5.74) is 6.92. The standard InChI is InChI=1S/C19H18F6N4O/c20-12-5-14(22)13(21)4-11(12)17-15(26)3-10(8-30-17)29-2-1-9-6-27-18(19(23,24)25)28-16(9)7-29/h4-6,10,15,17H,1-3,7-8,26H2. The average Bonchev–Trinajstić information content (AvgIpc) is 2.69. The fourth-order valence-corrected chi connectivity index (χ4v) is 3.95. The van der Waals surface area contributed by atoms with Gasteiger partial charge in [0.05, 0.1) is 12.3 Å². The largest absolute Gasteiger partial charge is 0.451 e. The second kappa shape index (κ2) is 7.78. The van der Waals surface area contributed by atoms with Crippen LogP contribution in [-0.2, 0) is 23.9 Å². The molecule has 5 nitrogen and oxygen atoms in total. The van der Waals surface area contributed by atoms with E-state index in [2.05, 4.69) is 9.97 Å². The lowest BCUT2D eigenvalue weighted by atomic mass is 9.92. The predicted octanol–water partition coefficient (Wildman–Crippen LogP) is 3.13. The number of fused-ring (bicyclic) bond motifs is 1. The lowest BCUT2D eigenvalue weighted by molar-refractivity contribution is -0.145. The van der Waals surface area contributed by atoms with Crippen molar-refractivity contribution in [3.05, 3.63) is 58.4 Å². The molecule has 0 radical (unpaired) electrons. The van der Waals surface area contributed by atoms with Gasteiger partial charge < -0.3 is 10.5 Å². The van der Waals surface area contributed by atoms with E-state index in [0.29, 0.717) is 36.7 Å². The van der Waals surface area contributed by atoms with E-state index in [1.807, 2.05) is 4.90 Å². The minimum Gasteiger partial charge on any atom is -0.370 e. The van der Waals surface area contributed by atoms with E-state index in [-0.39, 0.29) is 24.8 Å². The van der Waals surface area contributed by atoms with Gasteiger partial charge in [0.1, 0.15) is 11.9 Å². The first-order valence-corrected chi connectivity index (χ1v) is 9.31. The number of hydrogen-bond donors (Lipinski definition) is 1. The van der Waals surface area contributed by atoms with E-state index in [0.717, 1.165) is 6.07 Å². The van der Waals surface area contributed by atoms with Gasteiger partial charge in [-0.15, -0.1) is 0 Å². The molecule has 2 aliphatic rings. The molecule has 1 saturated heterocycles. The summed E-state index contributed by atoms with van der Waals surface area (Å²) in [6.45, 7) is 0.835. The van der Waals surface area contributed by atoms with Crippen molar-refractivity contribution in [2.24, 2.45) is 5.73 Å². The summed E-state index contributed by atoms with van der Waals surface area (Å²) in [6, 6.07) is 0.247. The minimum atomic E-state index is -4.63. The SMILES string of the molecule is NC1CC(N2CCc3cnc(C(F)(F)F)nc3C2)COC1c1cc(F)c(F)cc1F.